The molecule has 1 unspecified atom stereocenters. The Morgan fingerprint density at radius 3 is 2.62 bits per heavy atom. The monoisotopic (exact) mass is 239 g/mol. The summed E-state index contributed by atoms with van der Waals surface area (Å²) in [5, 5.41) is 3.83. The third-order valence-corrected chi connectivity index (χ3v) is 4.93. The Bertz CT molecular complexity index is 207. The second-order valence-corrected chi connectivity index (χ2v) is 6.50. The fraction of sp³-hybridized carbons (Fsp3) is 0.857. The van der Waals surface area contributed by atoms with Crippen molar-refractivity contribution in [2.24, 2.45) is 11.8 Å². The normalized spacial score (nSPS) is 24.2. The Hall–Kier alpha value is 0.0500. The molecule has 16 heavy (non-hydrogen) atoms. The molecule has 0 radical (unpaired) electrons. The molecule has 1 N–H and O–H groups in total. The van der Waals surface area contributed by atoms with Gasteiger partial charge in [0.1, 0.15) is 0 Å². The molecule has 0 aromatic carbocycles. The van der Waals surface area contributed by atoms with Crippen molar-refractivity contribution in [2.75, 3.05) is 18.1 Å². The number of nitrogens with one attached hydrogen (secondary N) is 1. The first kappa shape index (κ1) is 12.5. The van der Waals surface area contributed by atoms with E-state index in [1.54, 1.807) is 0 Å². The van der Waals surface area contributed by atoms with Gasteiger partial charge in [0, 0.05) is 6.04 Å². The van der Waals surface area contributed by atoms with Crippen LogP contribution in [0.4, 0.5) is 0 Å². The molecule has 1 saturated heterocycles. The molecule has 1 heterocycles. The van der Waals surface area contributed by atoms with Gasteiger partial charge in [-0.25, -0.2) is 0 Å². The van der Waals surface area contributed by atoms with Crippen LogP contribution in [0.25, 0.3) is 0 Å². The second-order valence-electron chi connectivity index (χ2n) is 5.27. The van der Waals surface area contributed by atoms with Gasteiger partial charge < -0.3 is 5.32 Å². The fourth-order valence-electron chi connectivity index (χ4n) is 2.57. The molecule has 1 nitrogen and oxygen atoms in total. The Balaban J connectivity index is 1.66. The third kappa shape index (κ3) is 4.14. The first-order valence-electron chi connectivity index (χ1n) is 6.82. The number of thioether (sulfide) groups is 1. The minimum atomic E-state index is 0.785. The maximum Gasteiger partial charge on any atom is 0.00983 e. The van der Waals surface area contributed by atoms with Gasteiger partial charge in [0.15, 0.2) is 0 Å². The summed E-state index contributed by atoms with van der Waals surface area (Å²) < 4.78 is 0. The standard InChI is InChI=1S/C14H25NS/c1-2-3-4-14(13-5-6-13)15-11-12-7-9-16-10-8-12/h2,12-15H,1,3-11H2. The minimum absolute atomic E-state index is 0.785. The van der Waals surface area contributed by atoms with Crippen molar-refractivity contribution < 1.29 is 0 Å². The summed E-state index contributed by atoms with van der Waals surface area (Å²) in [6, 6.07) is 0.785. The highest BCUT2D eigenvalue weighted by molar-refractivity contribution is 7.99. The molecule has 0 amide bonds. The van der Waals surface area contributed by atoms with E-state index in [0.29, 0.717) is 0 Å². The highest BCUT2D eigenvalue weighted by atomic mass is 32.2. The van der Waals surface area contributed by atoms with E-state index in [9.17, 15) is 0 Å². The summed E-state index contributed by atoms with van der Waals surface area (Å²) in [6.45, 7) is 5.09. The first-order valence-corrected chi connectivity index (χ1v) is 7.97. The van der Waals surface area contributed by atoms with Crippen LogP contribution in [0.2, 0.25) is 0 Å². The van der Waals surface area contributed by atoms with Crippen LogP contribution in [-0.4, -0.2) is 24.1 Å². The van der Waals surface area contributed by atoms with Crippen LogP contribution in [0.15, 0.2) is 12.7 Å². The molecule has 2 rings (SSSR count). The van der Waals surface area contributed by atoms with Crippen molar-refractivity contribution in [2.45, 2.75) is 44.6 Å². The van der Waals surface area contributed by atoms with Crippen LogP contribution in [0.3, 0.4) is 0 Å². The van der Waals surface area contributed by atoms with Gasteiger partial charge in [-0.1, -0.05) is 6.08 Å². The zero-order valence-electron chi connectivity index (χ0n) is 10.3. The Morgan fingerprint density at radius 1 is 1.25 bits per heavy atom. The van der Waals surface area contributed by atoms with Gasteiger partial charge in [0.2, 0.25) is 0 Å². The average Bonchev–Trinajstić information content (AvgIpc) is 3.15. The van der Waals surface area contributed by atoms with Crippen molar-refractivity contribution >= 4 is 11.8 Å². The number of hydrogen-bond acceptors (Lipinski definition) is 2. The molecule has 0 aromatic rings. The Morgan fingerprint density at radius 2 is 2.00 bits per heavy atom. The zero-order chi connectivity index (χ0) is 11.2. The van der Waals surface area contributed by atoms with Crippen molar-refractivity contribution in [3.8, 4) is 0 Å². The molecule has 1 atom stereocenters. The molecule has 0 spiro atoms. The molecule has 0 aromatic heterocycles. The summed E-state index contributed by atoms with van der Waals surface area (Å²) in [4.78, 5) is 0. The molecule has 1 aliphatic carbocycles. The summed E-state index contributed by atoms with van der Waals surface area (Å²) in [5.41, 5.74) is 0. The van der Waals surface area contributed by atoms with Gasteiger partial charge in [0.25, 0.3) is 0 Å². The lowest BCUT2D eigenvalue weighted by Crippen LogP contribution is -2.36. The van der Waals surface area contributed by atoms with Crippen LogP contribution >= 0.6 is 11.8 Å². The molecular weight excluding hydrogens is 214 g/mol. The molecule has 2 fully saturated rings. The van der Waals surface area contributed by atoms with Gasteiger partial charge in [-0.2, -0.15) is 11.8 Å². The van der Waals surface area contributed by atoms with Crippen LogP contribution in [0.1, 0.15) is 38.5 Å². The maximum absolute atomic E-state index is 3.83. The Labute approximate surface area is 104 Å². The van der Waals surface area contributed by atoms with E-state index in [2.05, 4.69) is 29.7 Å². The van der Waals surface area contributed by atoms with Crippen LogP contribution in [0, 0.1) is 11.8 Å². The van der Waals surface area contributed by atoms with Crippen LogP contribution in [0.5, 0.6) is 0 Å². The molecule has 2 heteroatoms. The smallest absolute Gasteiger partial charge is 0.00983 e. The van der Waals surface area contributed by atoms with Crippen molar-refractivity contribution in [3.63, 3.8) is 0 Å². The number of hydrogen-bond donors (Lipinski definition) is 1. The van der Waals surface area contributed by atoms with E-state index < -0.39 is 0 Å². The van der Waals surface area contributed by atoms with Crippen LogP contribution in [-0.2, 0) is 0 Å². The third-order valence-electron chi connectivity index (χ3n) is 3.88. The van der Waals surface area contributed by atoms with E-state index in [4.69, 9.17) is 0 Å². The summed E-state index contributed by atoms with van der Waals surface area (Å²) in [5.74, 6) is 4.70. The Kier molecular flexibility index (Phi) is 5.24. The van der Waals surface area contributed by atoms with Crippen molar-refractivity contribution in [1.82, 2.24) is 5.32 Å². The van der Waals surface area contributed by atoms with Crippen LogP contribution < -0.4 is 5.32 Å². The second kappa shape index (κ2) is 6.70. The van der Waals surface area contributed by atoms with E-state index in [0.717, 1.165) is 17.9 Å². The lowest BCUT2D eigenvalue weighted by atomic mass is 10.0. The molecule has 1 aliphatic heterocycles. The zero-order valence-corrected chi connectivity index (χ0v) is 11.1. The van der Waals surface area contributed by atoms with Gasteiger partial charge in [-0.05, 0) is 68.4 Å². The SMILES string of the molecule is C=CCCC(NCC1CCSCC1)C1CC1. The average molecular weight is 239 g/mol. The van der Waals surface area contributed by atoms with Crippen molar-refractivity contribution in [3.05, 3.63) is 12.7 Å². The van der Waals surface area contributed by atoms with Gasteiger partial charge in [-0.3, -0.25) is 0 Å². The minimum Gasteiger partial charge on any atom is -0.313 e. The predicted molar refractivity (Wildman–Crippen MR) is 74.0 cm³/mol. The topological polar surface area (TPSA) is 12.0 Å². The summed E-state index contributed by atoms with van der Waals surface area (Å²) in [6.07, 6.45) is 10.3. The van der Waals surface area contributed by atoms with E-state index in [1.807, 2.05) is 0 Å². The predicted octanol–water partition coefficient (Wildman–Crippen LogP) is 3.46. The number of allylic oxidation sites excluding steroid dienone is 1. The van der Waals surface area contributed by atoms with Crippen molar-refractivity contribution in [1.29, 1.82) is 0 Å². The van der Waals surface area contributed by atoms with Gasteiger partial charge in [-0.15, -0.1) is 6.58 Å². The van der Waals surface area contributed by atoms with Gasteiger partial charge in [0.05, 0.1) is 0 Å². The quantitative estimate of drug-likeness (QED) is 0.683. The molecule has 92 valence electrons. The number of rotatable bonds is 7. The highest BCUT2D eigenvalue weighted by Gasteiger charge is 2.30. The summed E-state index contributed by atoms with van der Waals surface area (Å²) in [7, 11) is 0. The van der Waals surface area contributed by atoms with E-state index >= 15 is 0 Å². The molecule has 0 bridgehead atoms. The maximum atomic E-state index is 3.83. The largest absolute Gasteiger partial charge is 0.313 e. The molecule has 1 saturated carbocycles. The van der Waals surface area contributed by atoms with E-state index in [1.165, 1.54) is 56.6 Å². The highest BCUT2D eigenvalue weighted by Crippen LogP contribution is 2.35. The lowest BCUT2D eigenvalue weighted by Gasteiger charge is -2.25. The van der Waals surface area contributed by atoms with E-state index in [-0.39, 0.29) is 0 Å². The molecule has 2 aliphatic rings. The van der Waals surface area contributed by atoms with Gasteiger partial charge >= 0.3 is 0 Å². The summed E-state index contributed by atoms with van der Waals surface area (Å²) >= 11 is 2.12. The first-order chi connectivity index (χ1) is 7.90. The fourth-order valence-corrected chi connectivity index (χ4v) is 3.77. The lowest BCUT2D eigenvalue weighted by molar-refractivity contribution is 0.372. The molecular formula is C14H25NS.